The summed E-state index contributed by atoms with van der Waals surface area (Å²) in [6.07, 6.45) is 2.83. The van der Waals surface area contributed by atoms with Crippen molar-refractivity contribution in [3.8, 4) is 17.0 Å². The topological polar surface area (TPSA) is 91.1 Å². The molecule has 7 nitrogen and oxygen atoms in total. The number of aromatic nitrogens is 3. The van der Waals surface area contributed by atoms with Crippen molar-refractivity contribution in [2.75, 3.05) is 20.2 Å². The first-order valence-corrected chi connectivity index (χ1v) is 8.85. The van der Waals surface area contributed by atoms with Crippen LogP contribution in [-0.4, -0.2) is 46.2 Å². The van der Waals surface area contributed by atoms with Crippen LogP contribution in [0.25, 0.3) is 11.3 Å². The first kappa shape index (κ1) is 17.1. The van der Waals surface area contributed by atoms with E-state index < -0.39 is 0 Å². The van der Waals surface area contributed by atoms with Crippen molar-refractivity contribution in [1.82, 2.24) is 20.1 Å². The molecule has 0 saturated carbocycles. The third-order valence-electron chi connectivity index (χ3n) is 4.88. The second-order valence-corrected chi connectivity index (χ2v) is 6.47. The molecule has 0 bridgehead atoms. The number of ether oxygens (including phenoxy) is 1. The molecule has 0 radical (unpaired) electrons. The lowest BCUT2D eigenvalue weighted by molar-refractivity contribution is 0.0756. The van der Waals surface area contributed by atoms with Gasteiger partial charge in [-0.25, -0.2) is 0 Å². The Hall–Kier alpha value is -3.35. The van der Waals surface area contributed by atoms with Crippen LogP contribution in [0.5, 0.6) is 5.75 Å². The summed E-state index contributed by atoms with van der Waals surface area (Å²) in [6.45, 7) is 1.13. The number of benzene rings is 1. The molecule has 27 heavy (non-hydrogen) atoms. The normalized spacial score (nSPS) is 13.7. The number of amides is 1. The highest BCUT2D eigenvalue weighted by molar-refractivity contribution is 5.92. The standard InChI is InChI=1S/C20H20N4O3/c1-27-18-12-21-16(11-17(18)25)20(26)24-9-7-14-15(8-10-24)22-23-19(14)13-5-3-2-4-6-13/h2-6,11-12H,7-10H2,1H3,(H,21,25)(H,22,23). The van der Waals surface area contributed by atoms with E-state index in [9.17, 15) is 9.59 Å². The smallest absolute Gasteiger partial charge is 0.270 e. The van der Waals surface area contributed by atoms with Crippen molar-refractivity contribution >= 4 is 5.91 Å². The maximum absolute atomic E-state index is 12.8. The molecule has 138 valence electrons. The molecule has 3 aromatic rings. The number of rotatable bonds is 3. The summed E-state index contributed by atoms with van der Waals surface area (Å²) in [5, 5.41) is 7.60. The first-order chi connectivity index (χ1) is 13.2. The second-order valence-electron chi connectivity index (χ2n) is 6.47. The molecule has 1 aliphatic heterocycles. The van der Waals surface area contributed by atoms with E-state index in [0.717, 1.165) is 22.5 Å². The van der Waals surface area contributed by atoms with Gasteiger partial charge in [-0.15, -0.1) is 0 Å². The maximum Gasteiger partial charge on any atom is 0.270 e. The predicted molar refractivity (Wildman–Crippen MR) is 101 cm³/mol. The van der Waals surface area contributed by atoms with Gasteiger partial charge in [0.25, 0.3) is 5.91 Å². The number of nitrogens with zero attached hydrogens (tertiary/aromatic N) is 2. The minimum Gasteiger partial charge on any atom is -0.491 e. The fourth-order valence-corrected chi connectivity index (χ4v) is 3.43. The van der Waals surface area contributed by atoms with Crippen LogP contribution in [-0.2, 0) is 12.8 Å². The third kappa shape index (κ3) is 3.23. The molecule has 0 spiro atoms. The fourth-order valence-electron chi connectivity index (χ4n) is 3.43. The van der Waals surface area contributed by atoms with Gasteiger partial charge in [0.05, 0.1) is 12.8 Å². The van der Waals surface area contributed by atoms with Gasteiger partial charge in [-0.1, -0.05) is 30.3 Å². The maximum atomic E-state index is 12.8. The van der Waals surface area contributed by atoms with Gasteiger partial charge in [0.2, 0.25) is 5.43 Å². The predicted octanol–water partition coefficient (Wildman–Crippen LogP) is 2.01. The average molecular weight is 364 g/mol. The summed E-state index contributed by atoms with van der Waals surface area (Å²) in [5.74, 6) is 0.00472. The number of hydrogen-bond donors (Lipinski definition) is 2. The summed E-state index contributed by atoms with van der Waals surface area (Å²) in [7, 11) is 1.42. The molecule has 1 aliphatic rings. The van der Waals surface area contributed by atoms with Gasteiger partial charge < -0.3 is 14.6 Å². The lowest BCUT2D eigenvalue weighted by atomic mass is 10.0. The van der Waals surface area contributed by atoms with Crippen molar-refractivity contribution in [1.29, 1.82) is 0 Å². The van der Waals surface area contributed by atoms with Crippen molar-refractivity contribution in [2.24, 2.45) is 0 Å². The third-order valence-corrected chi connectivity index (χ3v) is 4.88. The Balaban J connectivity index is 1.55. The highest BCUT2D eigenvalue weighted by Gasteiger charge is 2.24. The molecule has 0 unspecified atom stereocenters. The van der Waals surface area contributed by atoms with Gasteiger partial charge in [-0.3, -0.25) is 14.7 Å². The molecule has 0 saturated heterocycles. The number of carbonyl (C=O) groups excluding carboxylic acids is 1. The van der Waals surface area contributed by atoms with Gasteiger partial charge in [-0.05, 0) is 6.42 Å². The highest BCUT2D eigenvalue weighted by Crippen LogP contribution is 2.26. The quantitative estimate of drug-likeness (QED) is 0.744. The highest BCUT2D eigenvalue weighted by atomic mass is 16.5. The van der Waals surface area contributed by atoms with Gasteiger partial charge in [0.1, 0.15) is 5.69 Å². The molecular weight excluding hydrogens is 344 g/mol. The number of hydrogen-bond acceptors (Lipinski definition) is 4. The molecule has 2 aromatic heterocycles. The zero-order valence-corrected chi connectivity index (χ0v) is 15.0. The van der Waals surface area contributed by atoms with Crippen LogP contribution in [0.3, 0.4) is 0 Å². The molecule has 2 N–H and O–H groups in total. The van der Waals surface area contributed by atoms with Crippen LogP contribution in [0.2, 0.25) is 0 Å². The van der Waals surface area contributed by atoms with Crippen LogP contribution < -0.4 is 10.2 Å². The Labute approximate surface area is 156 Å². The van der Waals surface area contributed by atoms with E-state index in [1.54, 1.807) is 4.90 Å². The lowest BCUT2D eigenvalue weighted by Crippen LogP contribution is -2.34. The molecule has 4 rings (SSSR count). The number of nitrogens with one attached hydrogen (secondary N) is 2. The van der Waals surface area contributed by atoms with Crippen molar-refractivity contribution in [3.05, 3.63) is 69.8 Å². The van der Waals surface area contributed by atoms with Crippen molar-refractivity contribution in [3.63, 3.8) is 0 Å². The van der Waals surface area contributed by atoms with Crippen LogP contribution in [0.15, 0.2) is 47.4 Å². The molecule has 1 amide bonds. The van der Waals surface area contributed by atoms with Crippen LogP contribution in [0.1, 0.15) is 21.7 Å². The Morgan fingerprint density at radius 1 is 1.19 bits per heavy atom. The number of pyridine rings is 1. The number of H-pyrrole nitrogens is 2. The van der Waals surface area contributed by atoms with Crippen LogP contribution in [0.4, 0.5) is 0 Å². The molecule has 3 heterocycles. The summed E-state index contributed by atoms with van der Waals surface area (Å²) >= 11 is 0. The Morgan fingerprint density at radius 3 is 2.70 bits per heavy atom. The van der Waals surface area contributed by atoms with Gasteiger partial charge in [-0.2, -0.15) is 5.10 Å². The lowest BCUT2D eigenvalue weighted by Gasteiger charge is -2.20. The van der Waals surface area contributed by atoms with Gasteiger partial charge in [0, 0.05) is 48.6 Å². The van der Waals surface area contributed by atoms with E-state index in [1.807, 2.05) is 30.3 Å². The molecule has 7 heteroatoms. The summed E-state index contributed by atoms with van der Waals surface area (Å²) in [5.41, 5.74) is 4.18. The summed E-state index contributed by atoms with van der Waals surface area (Å²) < 4.78 is 4.95. The van der Waals surface area contributed by atoms with Crippen LogP contribution >= 0.6 is 0 Å². The van der Waals surface area contributed by atoms with Crippen LogP contribution in [0, 0.1) is 0 Å². The summed E-state index contributed by atoms with van der Waals surface area (Å²) in [6, 6.07) is 11.3. The van der Waals surface area contributed by atoms with Gasteiger partial charge >= 0.3 is 0 Å². The zero-order chi connectivity index (χ0) is 18.8. The zero-order valence-electron chi connectivity index (χ0n) is 15.0. The molecular formula is C20H20N4O3. The largest absolute Gasteiger partial charge is 0.491 e. The van der Waals surface area contributed by atoms with E-state index in [1.165, 1.54) is 19.4 Å². The molecule has 1 aromatic carbocycles. The van der Waals surface area contributed by atoms with Gasteiger partial charge in [0.15, 0.2) is 5.75 Å². The monoisotopic (exact) mass is 364 g/mol. The fraction of sp³-hybridized carbons (Fsp3) is 0.250. The molecule has 0 atom stereocenters. The summed E-state index contributed by atoms with van der Waals surface area (Å²) in [4.78, 5) is 29.4. The van der Waals surface area contributed by atoms with Crippen molar-refractivity contribution < 1.29 is 9.53 Å². The number of carbonyl (C=O) groups is 1. The van der Waals surface area contributed by atoms with E-state index in [4.69, 9.17) is 4.74 Å². The Kier molecular flexibility index (Phi) is 4.50. The Bertz CT molecular complexity index is 1020. The SMILES string of the molecule is COc1c[nH]c(C(=O)N2CCc3[nH]nc(-c4ccccc4)c3CC2)cc1=O. The minimum absolute atomic E-state index is 0.186. The second kappa shape index (κ2) is 7.11. The first-order valence-electron chi connectivity index (χ1n) is 8.85. The van der Waals surface area contributed by atoms with E-state index >= 15 is 0 Å². The number of fused-ring (bicyclic) bond motifs is 1. The van der Waals surface area contributed by atoms with E-state index in [2.05, 4.69) is 15.2 Å². The van der Waals surface area contributed by atoms with E-state index in [0.29, 0.717) is 25.9 Å². The minimum atomic E-state index is -0.310. The average Bonchev–Trinajstić information content (AvgIpc) is 2.99. The Morgan fingerprint density at radius 2 is 1.96 bits per heavy atom. The number of aromatic amines is 2. The number of methoxy groups -OCH3 is 1. The molecule has 0 fully saturated rings. The van der Waals surface area contributed by atoms with Crippen molar-refractivity contribution in [2.45, 2.75) is 12.8 Å². The van der Waals surface area contributed by atoms with E-state index in [-0.39, 0.29) is 22.8 Å². The molecule has 0 aliphatic carbocycles.